The Morgan fingerprint density at radius 1 is 1.12 bits per heavy atom. The molecule has 0 fully saturated rings. The lowest BCUT2D eigenvalue weighted by Gasteiger charge is -2.05. The number of fused-ring (bicyclic) bond motifs is 3. The van der Waals surface area contributed by atoms with Gasteiger partial charge in [0.15, 0.2) is 0 Å². The maximum atomic E-state index is 6.15. The van der Waals surface area contributed by atoms with Crippen LogP contribution >= 0.6 is 0 Å². The van der Waals surface area contributed by atoms with Gasteiger partial charge in [0.2, 0.25) is 0 Å². The zero-order chi connectivity index (χ0) is 16.5. The van der Waals surface area contributed by atoms with Crippen LogP contribution in [0.2, 0.25) is 0 Å². The largest absolute Gasteiger partial charge is 0.464 e. The number of aromatic amines is 1. The molecule has 0 radical (unpaired) electrons. The van der Waals surface area contributed by atoms with Gasteiger partial charge in [-0.25, -0.2) is 4.98 Å². The average Bonchev–Trinajstić information content (AvgIpc) is 3.22. The summed E-state index contributed by atoms with van der Waals surface area (Å²) in [6, 6.07) is 12.4. The fourth-order valence-corrected chi connectivity index (χ4v) is 3.24. The van der Waals surface area contributed by atoms with E-state index in [-0.39, 0.29) is 0 Å². The van der Waals surface area contributed by atoms with Gasteiger partial charge in [-0.2, -0.15) is 0 Å². The van der Waals surface area contributed by atoms with Gasteiger partial charge < -0.3 is 15.1 Å². The molecule has 0 aliphatic rings. The zero-order valence-electron chi connectivity index (χ0n) is 13.8. The summed E-state index contributed by atoms with van der Waals surface area (Å²) < 4.78 is 5.52. The number of benzene rings is 1. The molecule has 3 N–H and O–H groups in total. The molecule has 0 aliphatic carbocycles. The topological polar surface area (TPSA) is 67.8 Å². The summed E-state index contributed by atoms with van der Waals surface area (Å²) in [6.07, 6.45) is 6.24. The van der Waals surface area contributed by atoms with E-state index in [2.05, 4.69) is 41.2 Å². The predicted molar refractivity (Wildman–Crippen MR) is 98.9 cm³/mol. The number of pyridine rings is 1. The minimum absolute atomic E-state index is 0.636. The molecule has 0 amide bonds. The minimum atomic E-state index is 0.636. The molecular formula is C20H21N3O. The van der Waals surface area contributed by atoms with Crippen molar-refractivity contribution in [3.05, 3.63) is 48.2 Å². The van der Waals surface area contributed by atoms with E-state index < -0.39 is 0 Å². The smallest absolute Gasteiger partial charge is 0.140 e. The number of aryl methyl sites for hydroxylation is 1. The first-order valence-corrected chi connectivity index (χ1v) is 8.51. The fourth-order valence-electron chi connectivity index (χ4n) is 3.24. The number of H-pyrrole nitrogens is 1. The first-order chi connectivity index (χ1) is 11.8. The third kappa shape index (κ3) is 2.54. The van der Waals surface area contributed by atoms with Crippen molar-refractivity contribution in [3.63, 3.8) is 0 Å². The summed E-state index contributed by atoms with van der Waals surface area (Å²) in [5, 5.41) is 2.28. The highest BCUT2D eigenvalue weighted by atomic mass is 16.3. The molecule has 4 nitrogen and oxygen atoms in total. The van der Waals surface area contributed by atoms with Crippen LogP contribution in [0.15, 0.2) is 47.1 Å². The molecule has 4 heteroatoms. The number of unbranched alkanes of at least 4 members (excludes halogenated alkanes) is 2. The Hall–Kier alpha value is -2.75. The van der Waals surface area contributed by atoms with Crippen LogP contribution in [0.3, 0.4) is 0 Å². The number of furan rings is 1. The summed E-state index contributed by atoms with van der Waals surface area (Å²) in [5.41, 5.74) is 10.3. The molecule has 4 aromatic rings. The van der Waals surface area contributed by atoms with Gasteiger partial charge in [0.05, 0.1) is 6.26 Å². The van der Waals surface area contributed by atoms with Crippen LogP contribution in [-0.2, 0) is 6.42 Å². The van der Waals surface area contributed by atoms with Crippen LogP contribution in [0, 0.1) is 0 Å². The van der Waals surface area contributed by atoms with Crippen molar-refractivity contribution in [2.75, 3.05) is 5.73 Å². The van der Waals surface area contributed by atoms with Gasteiger partial charge in [0.25, 0.3) is 0 Å². The monoisotopic (exact) mass is 319 g/mol. The second kappa shape index (κ2) is 6.04. The van der Waals surface area contributed by atoms with Crippen molar-refractivity contribution >= 4 is 27.8 Å². The van der Waals surface area contributed by atoms with Gasteiger partial charge in [0.1, 0.15) is 17.2 Å². The van der Waals surface area contributed by atoms with E-state index >= 15 is 0 Å². The van der Waals surface area contributed by atoms with Gasteiger partial charge in [-0.3, -0.25) is 0 Å². The average molecular weight is 319 g/mol. The van der Waals surface area contributed by atoms with Gasteiger partial charge in [-0.1, -0.05) is 19.8 Å². The van der Waals surface area contributed by atoms with Crippen LogP contribution in [0.4, 0.5) is 5.82 Å². The summed E-state index contributed by atoms with van der Waals surface area (Å²) in [7, 11) is 0. The number of nitrogens with one attached hydrogen (secondary N) is 1. The molecule has 0 atom stereocenters. The summed E-state index contributed by atoms with van der Waals surface area (Å²) >= 11 is 0. The first kappa shape index (κ1) is 14.8. The van der Waals surface area contributed by atoms with Gasteiger partial charge in [-0.05, 0) is 54.8 Å². The van der Waals surface area contributed by atoms with Crippen molar-refractivity contribution in [2.24, 2.45) is 0 Å². The number of nitrogen functional groups attached to an aromatic ring is 1. The maximum absolute atomic E-state index is 6.15. The number of hydrogen-bond acceptors (Lipinski definition) is 3. The van der Waals surface area contributed by atoms with Crippen LogP contribution < -0.4 is 5.73 Å². The molecule has 0 unspecified atom stereocenters. The van der Waals surface area contributed by atoms with E-state index in [9.17, 15) is 0 Å². The van der Waals surface area contributed by atoms with E-state index in [1.54, 1.807) is 6.26 Å². The van der Waals surface area contributed by atoms with E-state index in [0.29, 0.717) is 5.82 Å². The molecule has 0 saturated carbocycles. The lowest BCUT2D eigenvalue weighted by Crippen LogP contribution is -1.98. The van der Waals surface area contributed by atoms with Crippen LogP contribution in [-0.4, -0.2) is 9.97 Å². The number of aromatic nitrogens is 2. The van der Waals surface area contributed by atoms with E-state index in [0.717, 1.165) is 51.7 Å². The molecule has 1 aromatic carbocycles. The summed E-state index contributed by atoms with van der Waals surface area (Å²) in [6.45, 7) is 2.21. The predicted octanol–water partition coefficient (Wildman–Crippen LogP) is 5.29. The van der Waals surface area contributed by atoms with Crippen LogP contribution in [0.25, 0.3) is 33.3 Å². The Balaban J connectivity index is 1.83. The number of anilines is 1. The first-order valence-electron chi connectivity index (χ1n) is 8.51. The molecule has 0 saturated heterocycles. The Bertz CT molecular complexity index is 983. The van der Waals surface area contributed by atoms with Crippen molar-refractivity contribution in [1.29, 1.82) is 0 Å². The highest BCUT2D eigenvalue weighted by Crippen LogP contribution is 2.31. The van der Waals surface area contributed by atoms with Crippen LogP contribution in [0.5, 0.6) is 0 Å². The Labute approximate surface area is 140 Å². The highest BCUT2D eigenvalue weighted by molar-refractivity contribution is 6.07. The Morgan fingerprint density at radius 3 is 2.83 bits per heavy atom. The number of nitrogens with zero attached hydrogens (tertiary/aromatic N) is 1. The molecule has 0 aliphatic heterocycles. The zero-order valence-corrected chi connectivity index (χ0v) is 13.8. The molecular weight excluding hydrogens is 298 g/mol. The highest BCUT2D eigenvalue weighted by Gasteiger charge is 2.11. The number of rotatable bonds is 5. The van der Waals surface area contributed by atoms with E-state index in [1.165, 1.54) is 12.8 Å². The molecule has 0 bridgehead atoms. The van der Waals surface area contributed by atoms with Crippen molar-refractivity contribution in [2.45, 2.75) is 32.6 Å². The van der Waals surface area contributed by atoms with E-state index in [1.807, 2.05) is 12.1 Å². The van der Waals surface area contributed by atoms with Crippen LogP contribution in [0.1, 0.15) is 31.7 Å². The molecule has 3 heterocycles. The van der Waals surface area contributed by atoms with Crippen molar-refractivity contribution in [3.8, 4) is 11.3 Å². The lowest BCUT2D eigenvalue weighted by atomic mass is 10.0. The molecule has 0 spiro atoms. The molecule has 3 aromatic heterocycles. The normalized spacial score (nSPS) is 11.5. The maximum Gasteiger partial charge on any atom is 0.140 e. The van der Waals surface area contributed by atoms with Crippen molar-refractivity contribution < 1.29 is 4.42 Å². The molecule has 24 heavy (non-hydrogen) atoms. The SMILES string of the molecule is CCCCCc1cc2c(nc1N)[nH]c1ccc(-c3ccco3)cc12. The van der Waals surface area contributed by atoms with E-state index in [4.69, 9.17) is 10.2 Å². The van der Waals surface area contributed by atoms with Crippen molar-refractivity contribution in [1.82, 2.24) is 9.97 Å². The number of hydrogen-bond donors (Lipinski definition) is 2. The van der Waals surface area contributed by atoms with Gasteiger partial charge in [-0.15, -0.1) is 0 Å². The molecule has 122 valence electrons. The van der Waals surface area contributed by atoms with Gasteiger partial charge >= 0.3 is 0 Å². The Kier molecular flexibility index (Phi) is 3.73. The minimum Gasteiger partial charge on any atom is -0.464 e. The fraction of sp³-hybridized carbons (Fsp3) is 0.250. The third-order valence-corrected chi connectivity index (χ3v) is 4.55. The number of nitrogens with two attached hydrogens (primary N) is 1. The Morgan fingerprint density at radius 2 is 2.04 bits per heavy atom. The lowest BCUT2D eigenvalue weighted by molar-refractivity contribution is 0.582. The second-order valence-electron chi connectivity index (χ2n) is 6.25. The molecule has 4 rings (SSSR count). The quantitative estimate of drug-likeness (QED) is 0.491. The summed E-state index contributed by atoms with van der Waals surface area (Å²) in [5.74, 6) is 1.51. The summed E-state index contributed by atoms with van der Waals surface area (Å²) in [4.78, 5) is 7.95. The third-order valence-electron chi connectivity index (χ3n) is 4.55. The standard InChI is InChI=1S/C20H21N3O/c1-2-3-4-6-14-12-16-15-11-13(18-7-5-10-24-18)8-9-17(15)22-20(16)23-19(14)21/h5,7-12H,2-4,6H2,1H3,(H3,21,22,23). The second-order valence-corrected chi connectivity index (χ2v) is 6.25. The van der Waals surface area contributed by atoms with Gasteiger partial charge in [0, 0.05) is 21.9 Å².